The number of imidazole rings is 2. The van der Waals surface area contributed by atoms with Crippen LogP contribution in [0.25, 0.3) is 0 Å². The molecule has 195 valence electrons. The fourth-order valence-electron chi connectivity index (χ4n) is 2.12. The molecule has 13 heteroatoms. The molecule has 4 N–H and O–H groups in total. The van der Waals surface area contributed by atoms with E-state index in [2.05, 4.69) is 30.6 Å². The van der Waals surface area contributed by atoms with Gasteiger partial charge in [-0.2, -0.15) is 0 Å². The molecule has 2 heterocycles. The van der Waals surface area contributed by atoms with Crippen molar-refractivity contribution in [2.24, 2.45) is 0 Å². The number of rotatable bonds is 6. The molecule has 2 amide bonds. The minimum absolute atomic E-state index is 0. The van der Waals surface area contributed by atoms with Crippen LogP contribution in [0.3, 0.4) is 0 Å². The second-order valence-corrected chi connectivity index (χ2v) is 6.36. The number of amides is 2. The first kappa shape index (κ1) is 32.2. The number of aromatic nitrogens is 4. The quantitative estimate of drug-likeness (QED) is 0.238. The number of nitrogens with one attached hydrogen (secondary N) is 4. The summed E-state index contributed by atoms with van der Waals surface area (Å²) < 4.78 is 0. The van der Waals surface area contributed by atoms with Crippen molar-refractivity contribution in [3.63, 3.8) is 0 Å². The standard InChI is InChI=1S/2C9H9NO3.2C3H4N2.Co/c2*11-8(12)6-10-9(13)7-4-2-1-3-5-7;2*1-2-5-3-4-1;/h2*1-5H,6H2,(H,10,13)(H,11,12);2*1-3H,(H,4,5);/q;;;;+2/p-2. The number of carbonyl (C=O) groups is 4. The van der Waals surface area contributed by atoms with Crippen LogP contribution in [0.1, 0.15) is 20.7 Å². The molecule has 0 bridgehead atoms. The normalized spacial score (nSPS) is 8.65. The van der Waals surface area contributed by atoms with Gasteiger partial charge in [-0.1, -0.05) is 36.4 Å². The van der Waals surface area contributed by atoms with Crippen molar-refractivity contribution < 1.29 is 46.2 Å². The van der Waals surface area contributed by atoms with Gasteiger partial charge in [0, 0.05) is 35.9 Å². The van der Waals surface area contributed by atoms with Crippen LogP contribution < -0.4 is 20.8 Å². The van der Waals surface area contributed by atoms with Gasteiger partial charge in [-0.25, -0.2) is 9.97 Å². The summed E-state index contributed by atoms with van der Waals surface area (Å²) in [7, 11) is 0. The van der Waals surface area contributed by atoms with Crippen LogP contribution in [-0.4, -0.2) is 56.8 Å². The van der Waals surface area contributed by atoms with Gasteiger partial charge in [-0.15, -0.1) is 0 Å². The van der Waals surface area contributed by atoms with Crippen LogP contribution in [0.5, 0.6) is 0 Å². The zero-order valence-electron chi connectivity index (χ0n) is 19.3. The molecular formula is C24H24CoN6O6. The maximum absolute atomic E-state index is 11.1. The zero-order valence-corrected chi connectivity index (χ0v) is 20.4. The Morgan fingerprint density at radius 2 is 1.00 bits per heavy atom. The monoisotopic (exact) mass is 551 g/mol. The van der Waals surface area contributed by atoms with E-state index in [9.17, 15) is 29.4 Å². The van der Waals surface area contributed by atoms with Crippen molar-refractivity contribution in [1.82, 2.24) is 30.6 Å². The number of carboxylic acid groups (broad SMARTS) is 2. The van der Waals surface area contributed by atoms with Crippen LogP contribution in [-0.2, 0) is 26.4 Å². The second kappa shape index (κ2) is 20.6. The van der Waals surface area contributed by atoms with E-state index >= 15 is 0 Å². The Hall–Kier alpha value is -4.75. The van der Waals surface area contributed by atoms with E-state index in [0.717, 1.165) is 0 Å². The summed E-state index contributed by atoms with van der Waals surface area (Å²) in [5, 5.41) is 24.4. The number of nitrogens with zero attached hydrogens (tertiary/aromatic N) is 2. The summed E-state index contributed by atoms with van der Waals surface area (Å²) in [5.41, 5.74) is 0.868. The van der Waals surface area contributed by atoms with Crippen LogP contribution >= 0.6 is 0 Å². The van der Waals surface area contributed by atoms with Gasteiger partial charge in [-0.3, -0.25) is 9.59 Å². The van der Waals surface area contributed by atoms with E-state index < -0.39 is 36.8 Å². The first-order valence-electron chi connectivity index (χ1n) is 10.3. The molecule has 37 heavy (non-hydrogen) atoms. The Morgan fingerprint density at radius 1 is 0.649 bits per heavy atom. The fourth-order valence-corrected chi connectivity index (χ4v) is 2.12. The van der Waals surface area contributed by atoms with Crippen LogP contribution in [0.2, 0.25) is 0 Å². The Bertz CT molecular complexity index is 1000. The maximum atomic E-state index is 11.1. The van der Waals surface area contributed by atoms with E-state index in [-0.39, 0.29) is 16.8 Å². The Balaban J connectivity index is 0.000000502. The summed E-state index contributed by atoms with van der Waals surface area (Å²) in [4.78, 5) is 55.1. The third-order valence-corrected chi connectivity index (χ3v) is 3.67. The van der Waals surface area contributed by atoms with Crippen molar-refractivity contribution >= 4 is 23.8 Å². The third kappa shape index (κ3) is 17.4. The van der Waals surface area contributed by atoms with Crippen molar-refractivity contribution in [2.45, 2.75) is 0 Å². The summed E-state index contributed by atoms with van der Waals surface area (Å²) in [6.07, 6.45) is 10.2. The Labute approximate surface area is 222 Å². The molecule has 12 nitrogen and oxygen atoms in total. The van der Waals surface area contributed by atoms with E-state index in [4.69, 9.17) is 0 Å². The molecule has 0 aliphatic heterocycles. The molecule has 0 saturated heterocycles. The van der Waals surface area contributed by atoms with Crippen molar-refractivity contribution in [2.75, 3.05) is 13.1 Å². The maximum Gasteiger partial charge on any atom is 2.00 e. The molecule has 1 radical (unpaired) electrons. The van der Waals surface area contributed by atoms with Gasteiger partial charge >= 0.3 is 16.8 Å². The van der Waals surface area contributed by atoms with Gasteiger partial charge < -0.3 is 40.4 Å². The van der Waals surface area contributed by atoms with Crippen molar-refractivity contribution in [3.05, 3.63) is 109 Å². The number of hydrogen-bond donors (Lipinski definition) is 4. The number of aliphatic carboxylic acids is 2. The summed E-state index contributed by atoms with van der Waals surface area (Å²) in [6, 6.07) is 16.8. The third-order valence-electron chi connectivity index (χ3n) is 3.67. The van der Waals surface area contributed by atoms with Gasteiger partial charge in [-0.05, 0) is 24.3 Å². The number of aromatic amines is 2. The molecule has 4 aromatic rings. The average molecular weight is 551 g/mol. The predicted molar refractivity (Wildman–Crippen MR) is 125 cm³/mol. The number of carbonyl (C=O) groups excluding carboxylic acids is 4. The molecule has 0 aliphatic carbocycles. The molecule has 0 spiro atoms. The van der Waals surface area contributed by atoms with Gasteiger partial charge in [0.05, 0.1) is 37.7 Å². The van der Waals surface area contributed by atoms with E-state index in [0.29, 0.717) is 11.1 Å². The molecule has 4 rings (SSSR count). The van der Waals surface area contributed by atoms with Crippen LogP contribution in [0.4, 0.5) is 0 Å². The summed E-state index contributed by atoms with van der Waals surface area (Å²) in [5.74, 6) is -3.43. The number of benzene rings is 2. The summed E-state index contributed by atoms with van der Waals surface area (Å²) in [6.45, 7) is -0.929. The van der Waals surface area contributed by atoms with Crippen LogP contribution in [0.15, 0.2) is 98.1 Å². The minimum Gasteiger partial charge on any atom is -0.548 e. The summed E-state index contributed by atoms with van der Waals surface area (Å²) >= 11 is 0. The van der Waals surface area contributed by atoms with Gasteiger partial charge in [0.1, 0.15) is 0 Å². The van der Waals surface area contributed by atoms with Gasteiger partial charge in [0.2, 0.25) is 0 Å². The van der Waals surface area contributed by atoms with Gasteiger partial charge in [0.15, 0.2) is 0 Å². The predicted octanol–water partition coefficient (Wildman–Crippen LogP) is -0.850. The topological polar surface area (TPSA) is 196 Å². The number of hydrogen-bond acceptors (Lipinski definition) is 8. The first-order valence-corrected chi connectivity index (χ1v) is 10.3. The fraction of sp³-hybridized carbons (Fsp3) is 0.0833. The molecule has 0 aliphatic rings. The molecule has 0 saturated carbocycles. The second-order valence-electron chi connectivity index (χ2n) is 6.36. The van der Waals surface area contributed by atoms with Gasteiger partial charge in [0.25, 0.3) is 11.8 Å². The SMILES string of the molecule is O=C([O-])CNC(=O)c1ccccc1.O=C([O-])CNC(=O)c1ccccc1.[Co+2].c1c[nH]cn1.c1c[nH]cn1. The molecule has 0 unspecified atom stereocenters. The van der Waals surface area contributed by atoms with Crippen molar-refractivity contribution in [1.29, 1.82) is 0 Å². The average Bonchev–Trinajstić information content (AvgIpc) is 3.67. The number of H-pyrrole nitrogens is 2. The molecular weight excluding hydrogens is 527 g/mol. The molecule has 0 fully saturated rings. The van der Waals surface area contributed by atoms with Crippen LogP contribution in [0, 0.1) is 0 Å². The smallest absolute Gasteiger partial charge is 0.548 e. The zero-order chi connectivity index (χ0) is 26.4. The van der Waals surface area contributed by atoms with Crippen molar-refractivity contribution in [3.8, 4) is 0 Å². The Kier molecular flexibility index (Phi) is 18.0. The van der Waals surface area contributed by atoms with E-state index in [1.807, 2.05) is 0 Å². The van der Waals surface area contributed by atoms with E-state index in [1.165, 1.54) is 0 Å². The minimum atomic E-state index is -1.30. The Morgan fingerprint density at radius 3 is 1.22 bits per heavy atom. The molecule has 2 aromatic heterocycles. The largest absolute Gasteiger partial charge is 2.00 e. The first-order chi connectivity index (χ1) is 17.4. The molecule has 0 atom stereocenters. The van der Waals surface area contributed by atoms with E-state index in [1.54, 1.807) is 98.1 Å². The number of carboxylic acids is 2. The molecule has 2 aromatic carbocycles.